The highest BCUT2D eigenvalue weighted by atomic mass is 16.1. The molecule has 3 nitrogen and oxygen atoms in total. The Labute approximate surface area is 156 Å². The van der Waals surface area contributed by atoms with Crippen LogP contribution in [-0.4, -0.2) is 23.9 Å². The number of benzene rings is 2. The van der Waals surface area contributed by atoms with Gasteiger partial charge in [0, 0.05) is 17.3 Å². The summed E-state index contributed by atoms with van der Waals surface area (Å²) >= 11 is 0. The zero-order valence-corrected chi connectivity index (χ0v) is 15.9. The van der Waals surface area contributed by atoms with Gasteiger partial charge < -0.3 is 0 Å². The molecule has 0 fully saturated rings. The number of hydrogen-bond donors (Lipinski definition) is 0. The fourth-order valence-electron chi connectivity index (χ4n) is 3.53. The van der Waals surface area contributed by atoms with Gasteiger partial charge in [-0.05, 0) is 57.0 Å². The summed E-state index contributed by atoms with van der Waals surface area (Å²) in [6.45, 7) is 7.47. The minimum atomic E-state index is -0.0372. The average Bonchev–Trinajstić information content (AvgIpc) is 2.96. The number of amides is 1. The van der Waals surface area contributed by atoms with Gasteiger partial charge in [0.15, 0.2) is 0 Å². The van der Waals surface area contributed by atoms with E-state index >= 15 is 0 Å². The van der Waals surface area contributed by atoms with Crippen LogP contribution in [0.2, 0.25) is 0 Å². The van der Waals surface area contributed by atoms with Gasteiger partial charge in [0.05, 0.1) is 5.36 Å². The lowest BCUT2D eigenvalue weighted by atomic mass is 10.0. The van der Waals surface area contributed by atoms with E-state index < -0.39 is 0 Å². The predicted octanol–water partition coefficient (Wildman–Crippen LogP) is 3.39. The third-order valence-electron chi connectivity index (χ3n) is 5.05. The molecular formula is C23H28N2O. The Kier molecular flexibility index (Phi) is 6.35. The van der Waals surface area contributed by atoms with Crippen molar-refractivity contribution in [3.63, 3.8) is 0 Å². The van der Waals surface area contributed by atoms with Crippen LogP contribution in [0.5, 0.6) is 0 Å². The molecule has 0 aliphatic carbocycles. The number of carbonyl (C=O) groups is 1. The lowest BCUT2D eigenvalue weighted by Crippen LogP contribution is -2.24. The molecule has 1 aliphatic heterocycles. The molecule has 1 amide bonds. The van der Waals surface area contributed by atoms with E-state index in [-0.39, 0.29) is 5.91 Å². The summed E-state index contributed by atoms with van der Waals surface area (Å²) in [5, 5.41) is 1.89. The van der Waals surface area contributed by atoms with Crippen molar-refractivity contribution < 1.29 is 4.79 Å². The Balaban J connectivity index is 1.48. The van der Waals surface area contributed by atoms with Crippen LogP contribution in [-0.2, 0) is 11.3 Å². The number of aryl methyl sites for hydroxylation is 1. The molecule has 0 unspecified atom stereocenters. The van der Waals surface area contributed by atoms with Crippen molar-refractivity contribution in [3.8, 4) is 0 Å². The van der Waals surface area contributed by atoms with Crippen molar-refractivity contribution in [3.05, 3.63) is 70.2 Å². The summed E-state index contributed by atoms with van der Waals surface area (Å²) < 4.78 is 0. The van der Waals surface area contributed by atoms with Crippen LogP contribution in [0.25, 0.3) is 5.57 Å². The molecule has 0 spiro atoms. The van der Waals surface area contributed by atoms with Gasteiger partial charge in [0.1, 0.15) is 0 Å². The molecule has 2 aromatic carbocycles. The Morgan fingerprint density at radius 2 is 1.81 bits per heavy atom. The van der Waals surface area contributed by atoms with E-state index in [2.05, 4.69) is 60.1 Å². The van der Waals surface area contributed by atoms with E-state index in [4.69, 9.17) is 0 Å². The average molecular weight is 348 g/mol. The first-order chi connectivity index (χ1) is 12.7. The van der Waals surface area contributed by atoms with Gasteiger partial charge in [0.2, 0.25) is 0 Å². The van der Waals surface area contributed by atoms with Crippen molar-refractivity contribution in [1.29, 1.82) is 0 Å². The summed E-state index contributed by atoms with van der Waals surface area (Å²) in [4.78, 5) is 18.8. The molecule has 3 rings (SSSR count). The summed E-state index contributed by atoms with van der Waals surface area (Å²) in [6.07, 6.45) is 4.19. The molecule has 0 saturated carbocycles. The van der Waals surface area contributed by atoms with Crippen molar-refractivity contribution >= 4 is 11.5 Å². The molecule has 26 heavy (non-hydrogen) atoms. The maximum Gasteiger partial charge on any atom is 0.274 e. The van der Waals surface area contributed by atoms with E-state index in [1.807, 2.05) is 12.1 Å². The molecule has 3 heteroatoms. The second-order valence-electron chi connectivity index (χ2n) is 7.08. The van der Waals surface area contributed by atoms with Crippen LogP contribution in [0.4, 0.5) is 0 Å². The van der Waals surface area contributed by atoms with Gasteiger partial charge in [-0.25, -0.2) is 4.99 Å². The van der Waals surface area contributed by atoms with Crippen LogP contribution in [0, 0.1) is 6.92 Å². The van der Waals surface area contributed by atoms with Crippen LogP contribution < -0.4 is 10.6 Å². The summed E-state index contributed by atoms with van der Waals surface area (Å²) in [5.74, 6) is -0.0372. The minimum absolute atomic E-state index is 0.0372. The SMILES string of the molecule is CCN(CCCCCC1=c2cc(C)ccc2=NC1=O)Cc1ccccc1. The summed E-state index contributed by atoms with van der Waals surface area (Å²) in [6, 6.07) is 16.7. The number of nitrogens with zero attached hydrogens (tertiary/aromatic N) is 2. The highest BCUT2D eigenvalue weighted by Crippen LogP contribution is 2.13. The van der Waals surface area contributed by atoms with E-state index in [1.54, 1.807) is 0 Å². The number of rotatable bonds is 9. The van der Waals surface area contributed by atoms with E-state index in [1.165, 1.54) is 17.5 Å². The summed E-state index contributed by atoms with van der Waals surface area (Å²) in [5.41, 5.74) is 3.46. The Morgan fingerprint density at radius 1 is 1.00 bits per heavy atom. The van der Waals surface area contributed by atoms with Crippen molar-refractivity contribution in [2.45, 2.75) is 46.1 Å². The van der Waals surface area contributed by atoms with Crippen LogP contribution >= 0.6 is 0 Å². The minimum Gasteiger partial charge on any atom is -0.299 e. The molecule has 2 aromatic rings. The number of unbranched alkanes of at least 4 members (excludes halogenated alkanes) is 2. The molecular weight excluding hydrogens is 320 g/mol. The van der Waals surface area contributed by atoms with E-state index in [9.17, 15) is 4.79 Å². The fourth-order valence-corrected chi connectivity index (χ4v) is 3.53. The first kappa shape index (κ1) is 18.5. The number of hydrogen-bond acceptors (Lipinski definition) is 2. The molecule has 0 bridgehead atoms. The predicted molar refractivity (Wildman–Crippen MR) is 106 cm³/mol. The molecule has 0 saturated heterocycles. The number of carbonyl (C=O) groups excluding carboxylic acids is 1. The Morgan fingerprint density at radius 3 is 2.58 bits per heavy atom. The topological polar surface area (TPSA) is 32.7 Å². The second kappa shape index (κ2) is 8.91. The third-order valence-corrected chi connectivity index (χ3v) is 5.05. The molecule has 0 radical (unpaired) electrons. The Bertz CT molecular complexity index is 871. The molecule has 136 valence electrons. The quantitative estimate of drug-likeness (QED) is 0.651. The van der Waals surface area contributed by atoms with Crippen LogP contribution in [0.15, 0.2) is 53.5 Å². The van der Waals surface area contributed by atoms with Gasteiger partial charge in [-0.2, -0.15) is 0 Å². The standard InChI is InChI=1S/C23H28N2O/c1-3-25(17-19-10-6-4-7-11-19)15-9-5-8-12-20-21-16-18(2)13-14-22(21)24-23(20)26/h4,6-7,10-11,13-14,16H,3,5,8-9,12,15,17H2,1-2H3. The highest BCUT2D eigenvalue weighted by Gasteiger charge is 2.15. The molecule has 1 aliphatic rings. The van der Waals surface area contributed by atoms with E-state index in [0.717, 1.165) is 55.0 Å². The van der Waals surface area contributed by atoms with Gasteiger partial charge in [0.25, 0.3) is 5.91 Å². The van der Waals surface area contributed by atoms with Gasteiger partial charge in [-0.3, -0.25) is 9.69 Å². The smallest absolute Gasteiger partial charge is 0.274 e. The van der Waals surface area contributed by atoms with Gasteiger partial charge >= 0.3 is 0 Å². The van der Waals surface area contributed by atoms with Crippen LogP contribution in [0.1, 0.15) is 43.7 Å². The monoisotopic (exact) mass is 348 g/mol. The van der Waals surface area contributed by atoms with Gasteiger partial charge in [-0.1, -0.05) is 55.3 Å². The summed E-state index contributed by atoms with van der Waals surface area (Å²) in [7, 11) is 0. The lowest BCUT2D eigenvalue weighted by molar-refractivity contribution is -0.112. The first-order valence-corrected chi connectivity index (χ1v) is 9.66. The largest absolute Gasteiger partial charge is 0.299 e. The zero-order valence-electron chi connectivity index (χ0n) is 15.9. The maximum atomic E-state index is 12.2. The molecule has 0 aromatic heterocycles. The lowest BCUT2D eigenvalue weighted by Gasteiger charge is -2.20. The highest BCUT2D eigenvalue weighted by molar-refractivity contribution is 6.15. The first-order valence-electron chi connectivity index (χ1n) is 9.66. The second-order valence-corrected chi connectivity index (χ2v) is 7.08. The molecule has 0 atom stereocenters. The zero-order chi connectivity index (χ0) is 18.4. The number of fused-ring (bicyclic) bond motifs is 1. The Hall–Kier alpha value is -2.26. The maximum absolute atomic E-state index is 12.2. The third kappa shape index (κ3) is 4.67. The van der Waals surface area contributed by atoms with Crippen molar-refractivity contribution in [1.82, 2.24) is 4.90 Å². The normalized spacial score (nSPS) is 13.2. The fraction of sp³-hybridized carbons (Fsp3) is 0.391. The van der Waals surface area contributed by atoms with Gasteiger partial charge in [-0.15, -0.1) is 0 Å². The molecule has 1 heterocycles. The van der Waals surface area contributed by atoms with Crippen LogP contribution in [0.3, 0.4) is 0 Å². The van der Waals surface area contributed by atoms with Crippen molar-refractivity contribution in [2.24, 2.45) is 4.99 Å². The van der Waals surface area contributed by atoms with E-state index in [0.29, 0.717) is 0 Å². The molecule has 0 N–H and O–H groups in total. The van der Waals surface area contributed by atoms with Crippen molar-refractivity contribution in [2.75, 3.05) is 13.1 Å².